The molecule has 0 saturated heterocycles. The van der Waals surface area contributed by atoms with Crippen LogP contribution < -0.4 is 5.73 Å². The Hall–Kier alpha value is -1.15. The molecule has 0 radical (unpaired) electrons. The molecule has 2 nitrogen and oxygen atoms in total. The largest absolute Gasteiger partial charge is 0.327 e. The Morgan fingerprint density at radius 2 is 1.90 bits per heavy atom. The van der Waals surface area contributed by atoms with Crippen molar-refractivity contribution in [1.82, 2.24) is 0 Å². The van der Waals surface area contributed by atoms with Gasteiger partial charge in [0, 0.05) is 18.4 Å². The minimum atomic E-state index is 0.107. The highest BCUT2D eigenvalue weighted by atomic mass is 16.1. The average molecular weight is 271 g/mol. The van der Waals surface area contributed by atoms with Crippen molar-refractivity contribution in [3.8, 4) is 0 Å². The van der Waals surface area contributed by atoms with Gasteiger partial charge in [0.05, 0.1) is 0 Å². The molecule has 0 aliphatic heterocycles. The molecule has 3 rings (SSSR count). The second-order valence-electron chi connectivity index (χ2n) is 6.51. The van der Waals surface area contributed by atoms with Crippen LogP contribution in [0.5, 0.6) is 0 Å². The van der Waals surface area contributed by atoms with E-state index in [2.05, 4.69) is 24.3 Å². The summed E-state index contributed by atoms with van der Waals surface area (Å²) < 4.78 is 0. The standard InChI is InChI=1S/C18H25NO/c19-17-11-4-3-10-16(17)18(20)12-14-8-5-7-13-6-1-2-9-15(13)14/h1-2,6,9,14,16-17H,3-5,7-8,10-12,19H2. The van der Waals surface area contributed by atoms with E-state index >= 15 is 0 Å². The summed E-state index contributed by atoms with van der Waals surface area (Å²) in [4.78, 5) is 12.6. The number of Topliss-reactive ketones (excluding diaryl/α,β-unsaturated/α-hetero) is 1. The third-order valence-electron chi connectivity index (χ3n) is 5.17. The van der Waals surface area contributed by atoms with Gasteiger partial charge in [-0.05, 0) is 49.1 Å². The first-order chi connectivity index (χ1) is 9.75. The number of carbonyl (C=O) groups is 1. The van der Waals surface area contributed by atoms with Crippen LogP contribution in [-0.2, 0) is 11.2 Å². The van der Waals surface area contributed by atoms with Gasteiger partial charge < -0.3 is 5.73 Å². The second kappa shape index (κ2) is 6.09. The molecular weight excluding hydrogens is 246 g/mol. The molecule has 0 bridgehead atoms. The molecule has 20 heavy (non-hydrogen) atoms. The summed E-state index contributed by atoms with van der Waals surface area (Å²) in [5.74, 6) is 0.971. The van der Waals surface area contributed by atoms with Crippen molar-refractivity contribution >= 4 is 5.78 Å². The molecule has 1 aromatic carbocycles. The molecule has 1 fully saturated rings. The number of aryl methyl sites for hydroxylation is 1. The molecule has 0 heterocycles. The molecule has 1 aromatic rings. The maximum atomic E-state index is 12.6. The van der Waals surface area contributed by atoms with Crippen molar-refractivity contribution in [2.75, 3.05) is 0 Å². The van der Waals surface area contributed by atoms with Crippen LogP contribution in [0.4, 0.5) is 0 Å². The van der Waals surface area contributed by atoms with Crippen LogP contribution in [0.3, 0.4) is 0 Å². The normalized spacial score (nSPS) is 29.8. The molecule has 2 N–H and O–H groups in total. The number of fused-ring (bicyclic) bond motifs is 1. The summed E-state index contributed by atoms with van der Waals surface area (Å²) in [6.45, 7) is 0. The van der Waals surface area contributed by atoms with Gasteiger partial charge in [0.15, 0.2) is 0 Å². The molecule has 0 amide bonds. The van der Waals surface area contributed by atoms with Gasteiger partial charge in [-0.15, -0.1) is 0 Å². The third-order valence-corrected chi connectivity index (χ3v) is 5.17. The zero-order chi connectivity index (χ0) is 13.9. The zero-order valence-corrected chi connectivity index (χ0v) is 12.2. The Bertz CT molecular complexity index is 482. The molecule has 1 saturated carbocycles. The van der Waals surface area contributed by atoms with E-state index in [-0.39, 0.29) is 12.0 Å². The summed E-state index contributed by atoms with van der Waals surface area (Å²) in [6.07, 6.45) is 8.64. The number of carbonyl (C=O) groups excluding carboxylic acids is 1. The lowest BCUT2D eigenvalue weighted by Crippen LogP contribution is -2.38. The van der Waals surface area contributed by atoms with Gasteiger partial charge in [-0.3, -0.25) is 4.79 Å². The highest BCUT2D eigenvalue weighted by Crippen LogP contribution is 2.36. The molecule has 3 atom stereocenters. The maximum absolute atomic E-state index is 12.6. The van der Waals surface area contributed by atoms with Gasteiger partial charge in [-0.1, -0.05) is 37.1 Å². The van der Waals surface area contributed by atoms with Crippen molar-refractivity contribution < 1.29 is 4.79 Å². The third kappa shape index (κ3) is 2.80. The highest BCUT2D eigenvalue weighted by Gasteiger charge is 2.31. The van der Waals surface area contributed by atoms with E-state index in [9.17, 15) is 4.79 Å². The van der Waals surface area contributed by atoms with Crippen LogP contribution >= 0.6 is 0 Å². The minimum Gasteiger partial charge on any atom is -0.327 e. The summed E-state index contributed by atoms with van der Waals surface area (Å²) >= 11 is 0. The number of ketones is 1. The average Bonchev–Trinajstić information content (AvgIpc) is 2.48. The van der Waals surface area contributed by atoms with Gasteiger partial charge in [0.2, 0.25) is 0 Å². The number of benzene rings is 1. The molecule has 0 spiro atoms. The lowest BCUT2D eigenvalue weighted by Gasteiger charge is -2.30. The number of rotatable bonds is 3. The van der Waals surface area contributed by atoms with Crippen LogP contribution in [0, 0.1) is 5.92 Å². The summed E-state index contributed by atoms with van der Waals surface area (Å²) in [6, 6.07) is 8.76. The molecule has 2 heteroatoms. The number of hydrogen-bond donors (Lipinski definition) is 1. The fourth-order valence-electron chi connectivity index (χ4n) is 4.02. The fraction of sp³-hybridized carbons (Fsp3) is 0.611. The first kappa shape index (κ1) is 13.8. The quantitative estimate of drug-likeness (QED) is 0.913. The van der Waals surface area contributed by atoms with Crippen molar-refractivity contribution in [2.24, 2.45) is 11.7 Å². The van der Waals surface area contributed by atoms with Crippen molar-refractivity contribution in [2.45, 2.75) is 63.3 Å². The Morgan fingerprint density at radius 3 is 2.75 bits per heavy atom. The van der Waals surface area contributed by atoms with E-state index in [1.807, 2.05) is 0 Å². The Morgan fingerprint density at radius 1 is 1.10 bits per heavy atom. The van der Waals surface area contributed by atoms with E-state index in [1.165, 1.54) is 36.8 Å². The second-order valence-corrected chi connectivity index (χ2v) is 6.51. The van der Waals surface area contributed by atoms with Gasteiger partial charge in [0.25, 0.3) is 0 Å². The summed E-state index contributed by atoms with van der Waals surface area (Å²) in [5, 5.41) is 0. The van der Waals surface area contributed by atoms with Crippen LogP contribution in [0.2, 0.25) is 0 Å². The summed E-state index contributed by atoms with van der Waals surface area (Å²) in [7, 11) is 0. The van der Waals surface area contributed by atoms with E-state index in [1.54, 1.807) is 0 Å². The molecule has 0 aromatic heterocycles. The van der Waals surface area contributed by atoms with Gasteiger partial charge in [-0.2, -0.15) is 0 Å². The molecular formula is C18H25NO. The van der Waals surface area contributed by atoms with Crippen molar-refractivity contribution in [3.63, 3.8) is 0 Å². The van der Waals surface area contributed by atoms with Crippen LogP contribution in [0.1, 0.15) is 62.0 Å². The van der Waals surface area contributed by atoms with E-state index in [0.717, 1.165) is 19.3 Å². The van der Waals surface area contributed by atoms with E-state index in [0.29, 0.717) is 18.1 Å². The van der Waals surface area contributed by atoms with E-state index < -0.39 is 0 Å². The maximum Gasteiger partial charge on any atom is 0.138 e. The topological polar surface area (TPSA) is 43.1 Å². The monoisotopic (exact) mass is 271 g/mol. The predicted molar refractivity (Wildman–Crippen MR) is 81.7 cm³/mol. The smallest absolute Gasteiger partial charge is 0.138 e. The summed E-state index contributed by atoms with van der Waals surface area (Å²) in [5.41, 5.74) is 9.02. The first-order valence-electron chi connectivity index (χ1n) is 8.12. The van der Waals surface area contributed by atoms with Crippen molar-refractivity contribution in [1.29, 1.82) is 0 Å². The first-order valence-corrected chi connectivity index (χ1v) is 8.12. The zero-order valence-electron chi connectivity index (χ0n) is 12.2. The predicted octanol–water partition coefficient (Wildman–Crippen LogP) is 3.58. The Kier molecular flexibility index (Phi) is 4.21. The Labute approximate surface area is 121 Å². The fourth-order valence-corrected chi connectivity index (χ4v) is 4.02. The lowest BCUT2D eigenvalue weighted by atomic mass is 9.75. The van der Waals surface area contributed by atoms with Crippen LogP contribution in [0.25, 0.3) is 0 Å². The molecule has 3 unspecified atom stereocenters. The molecule has 2 aliphatic carbocycles. The molecule has 108 valence electrons. The van der Waals surface area contributed by atoms with Crippen molar-refractivity contribution in [3.05, 3.63) is 35.4 Å². The highest BCUT2D eigenvalue weighted by molar-refractivity contribution is 5.82. The Balaban J connectivity index is 1.70. The van der Waals surface area contributed by atoms with E-state index in [4.69, 9.17) is 5.73 Å². The minimum absolute atomic E-state index is 0.107. The van der Waals surface area contributed by atoms with Gasteiger partial charge in [0.1, 0.15) is 5.78 Å². The number of nitrogens with two attached hydrogens (primary N) is 1. The molecule has 2 aliphatic rings. The SMILES string of the molecule is NC1CCCCC1C(=O)CC1CCCc2ccccc21. The van der Waals surface area contributed by atoms with Gasteiger partial charge >= 0.3 is 0 Å². The van der Waals surface area contributed by atoms with Crippen LogP contribution in [-0.4, -0.2) is 11.8 Å². The van der Waals surface area contributed by atoms with Gasteiger partial charge in [-0.25, -0.2) is 0 Å². The number of hydrogen-bond acceptors (Lipinski definition) is 2. The lowest BCUT2D eigenvalue weighted by molar-refractivity contribution is -0.124. The van der Waals surface area contributed by atoms with Crippen LogP contribution in [0.15, 0.2) is 24.3 Å².